The molecule has 1 N–H and O–H groups in total. The molecule has 0 heterocycles. The van der Waals surface area contributed by atoms with E-state index in [0.29, 0.717) is 30.0 Å². The Balaban J connectivity index is 1.92. The molecule has 1 unspecified atom stereocenters. The molecule has 2 aromatic rings. The van der Waals surface area contributed by atoms with Crippen LogP contribution in [0.5, 0.6) is 11.5 Å². The molecule has 2 rings (SSSR count). The Kier molecular flexibility index (Phi) is 8.08. The summed E-state index contributed by atoms with van der Waals surface area (Å²) in [5.74, 6) is 0.935. The van der Waals surface area contributed by atoms with Crippen molar-refractivity contribution in [1.29, 1.82) is 0 Å². The molecule has 0 aromatic heterocycles. The van der Waals surface area contributed by atoms with Gasteiger partial charge in [-0.2, -0.15) is 0 Å². The normalized spacial score (nSPS) is 12.1. The lowest BCUT2D eigenvalue weighted by Gasteiger charge is -2.23. The van der Waals surface area contributed by atoms with Gasteiger partial charge < -0.3 is 19.7 Å². The smallest absolute Gasteiger partial charge is 0.251 e. The summed E-state index contributed by atoms with van der Waals surface area (Å²) in [6.45, 7) is 8.60. The first kappa shape index (κ1) is 24.3. The van der Waals surface area contributed by atoms with E-state index < -0.39 is 6.04 Å². The van der Waals surface area contributed by atoms with Gasteiger partial charge in [-0.15, -0.1) is 0 Å². The second-order valence-corrected chi connectivity index (χ2v) is 8.72. The maximum Gasteiger partial charge on any atom is 0.251 e. The highest BCUT2D eigenvalue weighted by molar-refractivity contribution is 5.97. The third-order valence-corrected chi connectivity index (χ3v) is 5.29. The monoisotopic (exact) mass is 426 g/mol. The number of rotatable bonds is 8. The van der Waals surface area contributed by atoms with Gasteiger partial charge in [0.2, 0.25) is 5.91 Å². The van der Waals surface area contributed by atoms with Gasteiger partial charge in [-0.3, -0.25) is 9.59 Å². The van der Waals surface area contributed by atoms with Gasteiger partial charge in [0.15, 0.2) is 11.5 Å². The molecule has 0 saturated carbocycles. The summed E-state index contributed by atoms with van der Waals surface area (Å²) in [7, 11) is 4.93. The van der Waals surface area contributed by atoms with E-state index in [2.05, 4.69) is 26.1 Å². The summed E-state index contributed by atoms with van der Waals surface area (Å²) in [4.78, 5) is 26.9. The van der Waals surface area contributed by atoms with Crippen LogP contribution in [0.2, 0.25) is 0 Å². The number of likely N-dealkylation sites (N-methyl/N-ethyl adjacent to an activating group) is 1. The maximum absolute atomic E-state index is 12.7. The van der Waals surface area contributed by atoms with Gasteiger partial charge in [0.25, 0.3) is 5.91 Å². The van der Waals surface area contributed by atoms with Crippen molar-refractivity contribution in [3.8, 4) is 11.5 Å². The number of methoxy groups -OCH3 is 2. The molecule has 2 aromatic carbocycles. The topological polar surface area (TPSA) is 67.9 Å². The molecule has 0 spiro atoms. The minimum absolute atomic E-state index is 0.0227. The van der Waals surface area contributed by atoms with Crippen LogP contribution in [0.3, 0.4) is 0 Å². The molecule has 0 bridgehead atoms. The first-order valence-electron chi connectivity index (χ1n) is 10.4. The van der Waals surface area contributed by atoms with E-state index in [1.807, 2.05) is 30.3 Å². The lowest BCUT2D eigenvalue weighted by atomic mass is 9.86. The number of carbonyl (C=O) groups excluding carboxylic acids is 2. The van der Waals surface area contributed by atoms with Gasteiger partial charge in [-0.05, 0) is 54.2 Å². The van der Waals surface area contributed by atoms with Crippen molar-refractivity contribution in [3.63, 3.8) is 0 Å². The van der Waals surface area contributed by atoms with Gasteiger partial charge in [-0.25, -0.2) is 0 Å². The highest BCUT2D eigenvalue weighted by atomic mass is 16.5. The Labute approximate surface area is 185 Å². The predicted molar refractivity (Wildman–Crippen MR) is 123 cm³/mol. The number of nitrogens with one attached hydrogen (secondary N) is 1. The SMILES string of the molecule is COc1ccc(CCN(C)C(=O)C(C)NC(=O)c2ccc(C(C)(C)C)cc2)cc1OC. The van der Waals surface area contributed by atoms with Gasteiger partial charge in [0, 0.05) is 19.2 Å². The molecule has 6 nitrogen and oxygen atoms in total. The molecule has 0 saturated heterocycles. The average Bonchev–Trinajstić information content (AvgIpc) is 2.75. The fraction of sp³-hybridized carbons (Fsp3) is 0.440. The quantitative estimate of drug-likeness (QED) is 0.697. The highest BCUT2D eigenvalue weighted by Gasteiger charge is 2.21. The molecule has 31 heavy (non-hydrogen) atoms. The van der Waals surface area contributed by atoms with Crippen molar-refractivity contribution in [2.75, 3.05) is 27.8 Å². The first-order valence-corrected chi connectivity index (χ1v) is 10.4. The van der Waals surface area contributed by atoms with E-state index in [0.717, 1.165) is 11.1 Å². The molecule has 0 radical (unpaired) electrons. The first-order chi connectivity index (χ1) is 14.6. The Morgan fingerprint density at radius 1 is 1.00 bits per heavy atom. The minimum Gasteiger partial charge on any atom is -0.493 e. The number of benzene rings is 2. The van der Waals surface area contributed by atoms with Crippen LogP contribution in [0.4, 0.5) is 0 Å². The van der Waals surface area contributed by atoms with Gasteiger partial charge in [-0.1, -0.05) is 39.0 Å². The largest absolute Gasteiger partial charge is 0.493 e. The Bertz CT molecular complexity index is 901. The third kappa shape index (κ3) is 6.48. The maximum atomic E-state index is 12.7. The van der Waals surface area contributed by atoms with Crippen molar-refractivity contribution in [1.82, 2.24) is 10.2 Å². The van der Waals surface area contributed by atoms with Crippen LogP contribution < -0.4 is 14.8 Å². The minimum atomic E-state index is -0.620. The number of ether oxygens (including phenoxy) is 2. The fourth-order valence-corrected chi connectivity index (χ4v) is 3.24. The Morgan fingerprint density at radius 2 is 1.61 bits per heavy atom. The lowest BCUT2D eigenvalue weighted by Crippen LogP contribution is -2.46. The van der Waals surface area contributed by atoms with Gasteiger partial charge in [0.05, 0.1) is 14.2 Å². The van der Waals surface area contributed by atoms with Crippen LogP contribution in [-0.4, -0.2) is 50.6 Å². The zero-order chi connectivity index (χ0) is 23.2. The summed E-state index contributed by atoms with van der Waals surface area (Å²) in [5.41, 5.74) is 2.76. The molecule has 1 atom stereocenters. The van der Waals surface area contributed by atoms with Crippen molar-refractivity contribution < 1.29 is 19.1 Å². The van der Waals surface area contributed by atoms with E-state index >= 15 is 0 Å². The van der Waals surface area contributed by atoms with Crippen LogP contribution in [0, 0.1) is 0 Å². The molecular formula is C25H34N2O4. The second-order valence-electron chi connectivity index (χ2n) is 8.72. The van der Waals surface area contributed by atoms with Crippen LogP contribution in [0.25, 0.3) is 0 Å². The standard InChI is InChI=1S/C25H34N2O4/c1-17(26-23(28)19-9-11-20(12-10-19)25(2,3)4)24(29)27(5)15-14-18-8-13-21(30-6)22(16-18)31-7/h8-13,16-17H,14-15H2,1-7H3,(H,26,28). The van der Waals surface area contributed by atoms with E-state index in [9.17, 15) is 9.59 Å². The Hall–Kier alpha value is -3.02. The molecule has 168 valence electrons. The lowest BCUT2D eigenvalue weighted by molar-refractivity contribution is -0.131. The van der Waals surface area contributed by atoms with Gasteiger partial charge >= 0.3 is 0 Å². The van der Waals surface area contributed by atoms with Crippen molar-refractivity contribution in [3.05, 3.63) is 59.2 Å². The van der Waals surface area contributed by atoms with Crippen LogP contribution in [-0.2, 0) is 16.6 Å². The predicted octanol–water partition coefficient (Wildman–Crippen LogP) is 3.82. The number of carbonyl (C=O) groups is 2. The van der Waals surface area contributed by atoms with Crippen LogP contribution >= 0.6 is 0 Å². The van der Waals surface area contributed by atoms with Crippen LogP contribution in [0.15, 0.2) is 42.5 Å². The number of amides is 2. The zero-order valence-electron chi connectivity index (χ0n) is 19.6. The number of nitrogens with zero attached hydrogens (tertiary/aromatic N) is 1. The summed E-state index contributed by atoms with van der Waals surface area (Å²) in [6.07, 6.45) is 0.664. The molecule has 2 amide bonds. The molecule has 0 fully saturated rings. The molecule has 6 heteroatoms. The van der Waals surface area contributed by atoms with E-state index in [-0.39, 0.29) is 17.2 Å². The number of hydrogen-bond donors (Lipinski definition) is 1. The van der Waals surface area contributed by atoms with Crippen molar-refractivity contribution >= 4 is 11.8 Å². The van der Waals surface area contributed by atoms with Crippen molar-refractivity contribution in [2.45, 2.75) is 45.6 Å². The molecule has 0 aliphatic rings. The number of hydrogen-bond acceptors (Lipinski definition) is 4. The summed E-state index contributed by atoms with van der Waals surface area (Å²) < 4.78 is 10.6. The van der Waals surface area contributed by atoms with E-state index in [1.54, 1.807) is 45.2 Å². The highest BCUT2D eigenvalue weighted by Crippen LogP contribution is 2.27. The molecular weight excluding hydrogens is 392 g/mol. The third-order valence-electron chi connectivity index (χ3n) is 5.29. The summed E-state index contributed by atoms with van der Waals surface area (Å²) >= 11 is 0. The van der Waals surface area contributed by atoms with Crippen LogP contribution in [0.1, 0.15) is 49.2 Å². The van der Waals surface area contributed by atoms with Crippen molar-refractivity contribution in [2.24, 2.45) is 0 Å². The second kappa shape index (κ2) is 10.3. The Morgan fingerprint density at radius 3 is 2.16 bits per heavy atom. The zero-order valence-corrected chi connectivity index (χ0v) is 19.6. The average molecular weight is 427 g/mol. The van der Waals surface area contributed by atoms with E-state index in [4.69, 9.17) is 9.47 Å². The van der Waals surface area contributed by atoms with Gasteiger partial charge in [0.1, 0.15) is 6.04 Å². The molecule has 0 aliphatic carbocycles. The summed E-state index contributed by atoms with van der Waals surface area (Å²) in [6, 6.07) is 12.6. The van der Waals surface area contributed by atoms with E-state index in [1.165, 1.54) is 0 Å². The molecule has 0 aliphatic heterocycles. The summed E-state index contributed by atoms with van der Waals surface area (Å²) in [5, 5.41) is 2.80. The fourth-order valence-electron chi connectivity index (χ4n) is 3.24.